The van der Waals surface area contributed by atoms with Crippen molar-refractivity contribution < 1.29 is 12.9 Å². The third-order valence-corrected chi connectivity index (χ3v) is 3.45. The van der Waals surface area contributed by atoms with Crippen molar-refractivity contribution in [2.24, 2.45) is 5.73 Å². The molecule has 9 heteroatoms. The highest BCUT2D eigenvalue weighted by Crippen LogP contribution is 2.06. The molecule has 0 amide bonds. The van der Waals surface area contributed by atoms with E-state index in [0.717, 1.165) is 12.0 Å². The van der Waals surface area contributed by atoms with E-state index in [1.807, 2.05) is 0 Å². The molecule has 3 N–H and O–H groups in total. The van der Waals surface area contributed by atoms with Gasteiger partial charge in [-0.15, -0.1) is 0 Å². The lowest BCUT2D eigenvalue weighted by atomic mass is 10.3. The molecule has 0 saturated heterocycles. The monoisotopic (exact) mass is 269 g/mol. The summed E-state index contributed by atoms with van der Waals surface area (Å²) in [5.41, 5.74) is 6.16. The molecule has 0 atom stereocenters. The van der Waals surface area contributed by atoms with Crippen molar-refractivity contribution in [3.63, 3.8) is 0 Å². The third-order valence-electron chi connectivity index (χ3n) is 2.14. The molecule has 0 fully saturated rings. The summed E-state index contributed by atoms with van der Waals surface area (Å²) in [6.07, 6.45) is 2.54. The second-order valence-electron chi connectivity index (χ2n) is 3.38. The first kappa shape index (κ1) is 12.6. The Morgan fingerprint density at radius 2 is 2.17 bits per heavy atom. The van der Waals surface area contributed by atoms with Gasteiger partial charge in [-0.1, -0.05) is 11.2 Å². The van der Waals surface area contributed by atoms with Crippen LogP contribution in [0.3, 0.4) is 0 Å². The van der Waals surface area contributed by atoms with Gasteiger partial charge in [-0.2, -0.15) is 4.98 Å². The van der Waals surface area contributed by atoms with Gasteiger partial charge in [-0.25, -0.2) is 18.1 Å². The highest BCUT2D eigenvalue weighted by molar-refractivity contribution is 7.89. The Balaban J connectivity index is 2.09. The minimum atomic E-state index is -3.68. The first-order valence-electron chi connectivity index (χ1n) is 5.02. The number of hydrogen-bond acceptors (Lipinski definition) is 7. The highest BCUT2D eigenvalue weighted by atomic mass is 32.2. The molecule has 0 aliphatic heterocycles. The van der Waals surface area contributed by atoms with Crippen LogP contribution in [0.5, 0.6) is 0 Å². The van der Waals surface area contributed by atoms with Crippen molar-refractivity contribution in [1.29, 1.82) is 0 Å². The molecule has 0 aromatic carbocycles. The summed E-state index contributed by atoms with van der Waals surface area (Å²) >= 11 is 0. The van der Waals surface area contributed by atoms with E-state index in [1.54, 1.807) is 6.07 Å². The van der Waals surface area contributed by atoms with E-state index in [1.165, 1.54) is 12.3 Å². The fourth-order valence-corrected chi connectivity index (χ4v) is 2.10. The predicted molar refractivity (Wildman–Crippen MR) is 60.5 cm³/mol. The highest BCUT2D eigenvalue weighted by Gasteiger charge is 2.16. The maximum absolute atomic E-state index is 11.8. The number of pyridine rings is 1. The van der Waals surface area contributed by atoms with E-state index in [9.17, 15) is 8.42 Å². The minimum Gasteiger partial charge on any atom is -0.343 e. The van der Waals surface area contributed by atoms with Gasteiger partial charge in [0.2, 0.25) is 6.39 Å². The molecule has 2 aromatic heterocycles. The van der Waals surface area contributed by atoms with Crippen LogP contribution in [0.25, 0.3) is 0 Å². The second-order valence-corrected chi connectivity index (χ2v) is 5.09. The average molecular weight is 269 g/mol. The average Bonchev–Trinajstić information content (AvgIpc) is 2.90. The summed E-state index contributed by atoms with van der Waals surface area (Å²) in [6, 6.07) is 3.00. The summed E-state index contributed by atoms with van der Waals surface area (Å²) in [5, 5.41) is 3.41. The molecule has 0 spiro atoms. The first-order chi connectivity index (χ1) is 8.62. The zero-order chi connectivity index (χ0) is 13.0. The molecule has 0 aliphatic rings. The summed E-state index contributed by atoms with van der Waals surface area (Å²) in [7, 11) is -3.68. The number of nitrogens with one attached hydrogen (secondary N) is 1. The molecule has 0 saturated carbocycles. The van der Waals surface area contributed by atoms with Crippen LogP contribution in [0, 0.1) is 0 Å². The fraction of sp³-hybridized carbons (Fsp3) is 0.222. The molecular formula is C9H11N5O3S. The van der Waals surface area contributed by atoms with E-state index >= 15 is 0 Å². The van der Waals surface area contributed by atoms with Crippen LogP contribution >= 0.6 is 0 Å². The molecule has 2 heterocycles. The van der Waals surface area contributed by atoms with E-state index in [4.69, 9.17) is 5.73 Å². The molecule has 2 rings (SSSR count). The Bertz CT molecular complexity index is 594. The van der Waals surface area contributed by atoms with Crippen LogP contribution in [0.15, 0.2) is 34.3 Å². The largest absolute Gasteiger partial charge is 0.343 e. The van der Waals surface area contributed by atoms with Crippen LogP contribution in [-0.2, 0) is 23.1 Å². The maximum atomic E-state index is 11.8. The van der Waals surface area contributed by atoms with Crippen LogP contribution in [-0.4, -0.2) is 23.5 Å². The Labute approximate surface area is 103 Å². The van der Waals surface area contributed by atoms with Gasteiger partial charge in [-0.3, -0.25) is 0 Å². The topological polar surface area (TPSA) is 124 Å². The van der Waals surface area contributed by atoms with Crippen molar-refractivity contribution in [3.8, 4) is 0 Å². The Hall–Kier alpha value is -1.84. The normalized spacial score (nSPS) is 11.6. The van der Waals surface area contributed by atoms with E-state index < -0.39 is 10.0 Å². The van der Waals surface area contributed by atoms with Gasteiger partial charge >= 0.3 is 0 Å². The standard InChI is InChI=1S/C9H11N5O3S/c10-3-7-1-2-9(11-4-7)18(15,16)13-5-8-12-6-17-14-8/h1-2,4,6,13H,3,5,10H2. The lowest BCUT2D eigenvalue weighted by Crippen LogP contribution is -2.24. The van der Waals surface area contributed by atoms with Gasteiger partial charge in [-0.05, 0) is 11.6 Å². The Morgan fingerprint density at radius 1 is 1.33 bits per heavy atom. The quantitative estimate of drug-likeness (QED) is 0.742. The molecule has 0 aliphatic carbocycles. The predicted octanol–water partition coefficient (Wildman–Crippen LogP) is -0.598. The zero-order valence-corrected chi connectivity index (χ0v) is 10.1. The van der Waals surface area contributed by atoms with Gasteiger partial charge in [0.05, 0.1) is 6.54 Å². The number of aromatic nitrogens is 3. The van der Waals surface area contributed by atoms with Gasteiger partial charge < -0.3 is 10.3 Å². The van der Waals surface area contributed by atoms with Crippen LogP contribution in [0.4, 0.5) is 0 Å². The molecule has 2 aromatic rings. The lowest BCUT2D eigenvalue weighted by molar-refractivity contribution is 0.409. The Kier molecular flexibility index (Phi) is 3.65. The van der Waals surface area contributed by atoms with Gasteiger partial charge in [0, 0.05) is 12.7 Å². The number of hydrogen-bond donors (Lipinski definition) is 2. The second kappa shape index (κ2) is 5.21. The summed E-state index contributed by atoms with van der Waals surface area (Å²) in [6.45, 7) is 0.253. The SMILES string of the molecule is NCc1ccc(S(=O)(=O)NCc2ncon2)nc1. The number of rotatable bonds is 5. The maximum Gasteiger partial charge on any atom is 0.258 e. The Morgan fingerprint density at radius 3 is 2.72 bits per heavy atom. The number of nitrogens with two attached hydrogens (primary N) is 1. The number of nitrogens with zero attached hydrogens (tertiary/aromatic N) is 3. The molecule has 0 radical (unpaired) electrons. The van der Waals surface area contributed by atoms with Gasteiger partial charge in [0.25, 0.3) is 10.0 Å². The van der Waals surface area contributed by atoms with E-state index in [-0.39, 0.29) is 17.4 Å². The molecule has 8 nitrogen and oxygen atoms in total. The molecular weight excluding hydrogens is 258 g/mol. The lowest BCUT2D eigenvalue weighted by Gasteiger charge is -2.04. The van der Waals surface area contributed by atoms with Crippen LogP contribution in [0.2, 0.25) is 0 Å². The minimum absolute atomic E-state index is 0.0564. The van der Waals surface area contributed by atoms with Crippen LogP contribution in [0.1, 0.15) is 11.4 Å². The van der Waals surface area contributed by atoms with Crippen LogP contribution < -0.4 is 10.5 Å². The molecule has 96 valence electrons. The van der Waals surface area contributed by atoms with E-state index in [2.05, 4.69) is 24.4 Å². The molecule has 18 heavy (non-hydrogen) atoms. The van der Waals surface area contributed by atoms with Gasteiger partial charge in [0.1, 0.15) is 0 Å². The molecule has 0 bridgehead atoms. The van der Waals surface area contributed by atoms with Gasteiger partial charge in [0.15, 0.2) is 10.9 Å². The smallest absolute Gasteiger partial charge is 0.258 e. The van der Waals surface area contributed by atoms with Crippen molar-refractivity contribution in [2.45, 2.75) is 18.1 Å². The number of sulfonamides is 1. The molecule has 0 unspecified atom stereocenters. The van der Waals surface area contributed by atoms with Crippen molar-refractivity contribution in [3.05, 3.63) is 36.1 Å². The van der Waals surface area contributed by atoms with Crippen molar-refractivity contribution in [1.82, 2.24) is 19.8 Å². The van der Waals surface area contributed by atoms with Crippen molar-refractivity contribution >= 4 is 10.0 Å². The fourth-order valence-electron chi connectivity index (χ4n) is 1.19. The summed E-state index contributed by atoms with van der Waals surface area (Å²) in [5.74, 6) is 0.247. The summed E-state index contributed by atoms with van der Waals surface area (Å²) in [4.78, 5) is 7.53. The van der Waals surface area contributed by atoms with Crippen molar-refractivity contribution in [2.75, 3.05) is 0 Å². The first-order valence-corrected chi connectivity index (χ1v) is 6.50. The van der Waals surface area contributed by atoms with E-state index in [0.29, 0.717) is 6.54 Å². The summed E-state index contributed by atoms with van der Waals surface area (Å²) < 4.78 is 30.5. The third kappa shape index (κ3) is 2.88. The zero-order valence-electron chi connectivity index (χ0n) is 9.28.